The number of aromatic hydroxyl groups is 1. The molecule has 4 rings (SSSR count). The summed E-state index contributed by atoms with van der Waals surface area (Å²) in [4.78, 5) is 43.6. The van der Waals surface area contributed by atoms with Crippen LogP contribution in [0.25, 0.3) is 21.8 Å². The molecule has 0 saturated heterocycles. The maximum atomic E-state index is 12.3. The lowest BCUT2D eigenvalue weighted by atomic mass is 10.2. The van der Waals surface area contributed by atoms with Crippen molar-refractivity contribution in [1.29, 1.82) is 0 Å². The van der Waals surface area contributed by atoms with Gasteiger partial charge in [-0.25, -0.2) is 4.98 Å². The number of azo groups is 1. The summed E-state index contributed by atoms with van der Waals surface area (Å²) in [6.45, 7) is 0. The van der Waals surface area contributed by atoms with Crippen molar-refractivity contribution in [2.45, 2.75) is 0 Å². The average Bonchev–Trinajstić information content (AvgIpc) is 3.00. The molecule has 0 spiro atoms. The molecule has 0 unspecified atom stereocenters. The van der Waals surface area contributed by atoms with E-state index in [0.717, 1.165) is 0 Å². The van der Waals surface area contributed by atoms with Crippen molar-refractivity contribution in [3.8, 4) is 5.88 Å². The Kier molecular flexibility index (Phi) is 3.89. The topological polar surface area (TPSA) is 167 Å². The molecule has 0 aliphatic carbocycles. The number of aromatic nitrogens is 3. The van der Waals surface area contributed by atoms with Crippen LogP contribution >= 0.6 is 0 Å². The number of nitrogens with one attached hydrogen (secondary N) is 2. The molecule has 11 nitrogen and oxygen atoms in total. The molecule has 4 aromatic rings. The van der Waals surface area contributed by atoms with Gasteiger partial charge in [0.05, 0.1) is 21.3 Å². The molecule has 0 bridgehead atoms. The molecule has 28 heavy (non-hydrogen) atoms. The molecule has 3 N–H and O–H groups in total. The van der Waals surface area contributed by atoms with Gasteiger partial charge in [0, 0.05) is 17.5 Å². The first-order valence-electron chi connectivity index (χ1n) is 7.88. The minimum Gasteiger partial charge on any atom is -0.493 e. The van der Waals surface area contributed by atoms with E-state index in [2.05, 4.69) is 25.2 Å². The van der Waals surface area contributed by atoms with Crippen molar-refractivity contribution >= 4 is 39.1 Å². The van der Waals surface area contributed by atoms with Crippen molar-refractivity contribution < 1.29 is 14.8 Å². The normalized spacial score (nSPS) is 11.4. The van der Waals surface area contributed by atoms with Crippen molar-refractivity contribution in [2.75, 3.05) is 0 Å². The van der Waals surface area contributed by atoms with Crippen LogP contribution in [0.3, 0.4) is 0 Å². The van der Waals surface area contributed by atoms with Gasteiger partial charge in [0.15, 0.2) is 5.69 Å². The Morgan fingerprint density at radius 2 is 1.93 bits per heavy atom. The number of para-hydroxylation sites is 1. The van der Waals surface area contributed by atoms with Gasteiger partial charge in [0.1, 0.15) is 0 Å². The van der Waals surface area contributed by atoms with Crippen molar-refractivity contribution in [2.24, 2.45) is 10.2 Å². The van der Waals surface area contributed by atoms with E-state index in [4.69, 9.17) is 0 Å². The predicted octanol–water partition coefficient (Wildman–Crippen LogP) is 2.94. The van der Waals surface area contributed by atoms with Gasteiger partial charge in [0.2, 0.25) is 11.7 Å². The molecule has 138 valence electrons. The van der Waals surface area contributed by atoms with E-state index in [1.807, 2.05) is 0 Å². The number of nitro groups is 1. The lowest BCUT2D eigenvalue weighted by Crippen LogP contribution is -2.14. The first-order valence-corrected chi connectivity index (χ1v) is 7.88. The second-order valence-corrected chi connectivity index (χ2v) is 5.75. The number of hydrogen-bond acceptors (Lipinski definition) is 7. The third kappa shape index (κ3) is 2.86. The second-order valence-electron chi connectivity index (χ2n) is 5.75. The van der Waals surface area contributed by atoms with E-state index in [1.165, 1.54) is 18.2 Å². The summed E-state index contributed by atoms with van der Waals surface area (Å²) in [6.07, 6.45) is 0. The number of carbonyl (C=O) groups is 1. The fraction of sp³-hybridized carbons (Fsp3) is 0. The lowest BCUT2D eigenvalue weighted by molar-refractivity contribution is -0.384. The summed E-state index contributed by atoms with van der Waals surface area (Å²) < 4.78 is 0. The van der Waals surface area contributed by atoms with Crippen LogP contribution in [0, 0.1) is 10.1 Å². The summed E-state index contributed by atoms with van der Waals surface area (Å²) in [6, 6.07) is 10.3. The number of benzene rings is 2. The molecule has 0 radical (unpaired) electrons. The minimum absolute atomic E-state index is 0.143. The molecule has 11 heteroatoms. The highest BCUT2D eigenvalue weighted by Crippen LogP contribution is 2.37. The molecule has 2 aromatic carbocycles. The Hall–Kier alpha value is -4.41. The highest BCUT2D eigenvalue weighted by Gasteiger charge is 2.16. The Balaban J connectivity index is 1.74. The van der Waals surface area contributed by atoms with E-state index in [-0.39, 0.29) is 22.6 Å². The van der Waals surface area contributed by atoms with Gasteiger partial charge in [-0.2, -0.15) is 0 Å². The fourth-order valence-electron chi connectivity index (χ4n) is 2.70. The monoisotopic (exact) mass is 378 g/mol. The number of non-ortho nitro benzene ring substituents is 1. The molecule has 0 aliphatic heterocycles. The molecular formula is C17H10N6O5. The zero-order valence-electron chi connectivity index (χ0n) is 13.9. The van der Waals surface area contributed by atoms with Crippen LogP contribution < -0.4 is 5.56 Å². The van der Waals surface area contributed by atoms with Crippen molar-refractivity contribution in [3.05, 3.63) is 68.8 Å². The van der Waals surface area contributed by atoms with E-state index in [9.17, 15) is 24.8 Å². The number of carbonyl (C=O) groups excluding carboxylic acids is 1. The molecule has 2 aromatic heterocycles. The number of rotatable bonds is 3. The molecule has 0 fully saturated rings. The van der Waals surface area contributed by atoms with Crippen LogP contribution in [0.15, 0.2) is 57.5 Å². The van der Waals surface area contributed by atoms with E-state index in [0.29, 0.717) is 16.4 Å². The second kappa shape index (κ2) is 6.39. The first-order chi connectivity index (χ1) is 13.4. The van der Waals surface area contributed by atoms with Crippen LogP contribution in [0.5, 0.6) is 5.88 Å². The van der Waals surface area contributed by atoms with Crippen molar-refractivity contribution in [3.63, 3.8) is 0 Å². The lowest BCUT2D eigenvalue weighted by Gasteiger charge is -1.98. The molecule has 0 atom stereocenters. The maximum Gasteiger partial charge on any atom is 0.331 e. The average molecular weight is 378 g/mol. The number of nitrogens with zero attached hydrogens (tertiary/aromatic N) is 4. The van der Waals surface area contributed by atoms with Gasteiger partial charge in [-0.15, -0.1) is 10.2 Å². The SMILES string of the molecule is O=C(N=Nc1c(O)[nH]c2ccc([N+](=O)[O-])cc12)c1nc2ccccc2c(=O)[nH]1. The Morgan fingerprint density at radius 3 is 2.71 bits per heavy atom. The van der Waals surface area contributed by atoms with Crippen LogP contribution in [0.2, 0.25) is 0 Å². The predicted molar refractivity (Wildman–Crippen MR) is 97.8 cm³/mol. The first kappa shape index (κ1) is 17.0. The molecule has 0 saturated carbocycles. The number of nitro benzene ring substituents is 1. The summed E-state index contributed by atoms with van der Waals surface area (Å²) in [7, 11) is 0. The zero-order valence-corrected chi connectivity index (χ0v) is 13.9. The Morgan fingerprint density at radius 1 is 1.14 bits per heavy atom. The number of aromatic amines is 2. The molecule has 1 amide bonds. The van der Waals surface area contributed by atoms with Crippen molar-refractivity contribution in [1.82, 2.24) is 15.0 Å². The van der Waals surface area contributed by atoms with E-state index < -0.39 is 22.3 Å². The van der Waals surface area contributed by atoms with Gasteiger partial charge in [-0.05, 0) is 18.2 Å². The number of H-pyrrole nitrogens is 2. The summed E-state index contributed by atoms with van der Waals surface area (Å²) in [5, 5.41) is 28.6. The Labute approximate surface area is 154 Å². The highest BCUT2D eigenvalue weighted by molar-refractivity contribution is 5.97. The van der Waals surface area contributed by atoms with Crippen LogP contribution in [0.1, 0.15) is 10.6 Å². The number of fused-ring (bicyclic) bond motifs is 2. The molecule has 0 aliphatic rings. The number of hydrogen-bond donors (Lipinski definition) is 3. The van der Waals surface area contributed by atoms with Gasteiger partial charge >= 0.3 is 5.91 Å². The van der Waals surface area contributed by atoms with Crippen LogP contribution in [0.4, 0.5) is 11.4 Å². The molecule has 2 heterocycles. The zero-order chi connectivity index (χ0) is 19.8. The third-order valence-corrected chi connectivity index (χ3v) is 4.00. The van der Waals surface area contributed by atoms with E-state index in [1.54, 1.807) is 24.3 Å². The van der Waals surface area contributed by atoms with Gasteiger partial charge in [-0.1, -0.05) is 12.1 Å². The highest BCUT2D eigenvalue weighted by atomic mass is 16.6. The summed E-state index contributed by atoms with van der Waals surface area (Å²) >= 11 is 0. The standard InChI is InChI=1S/C17H10N6O5/c24-15-9-3-1-2-4-11(9)18-14(20-15)17(26)22-21-13-10-7-8(23(27)28)5-6-12(10)19-16(13)25/h1-7,19,25H,(H,18,20,24). The minimum atomic E-state index is -0.943. The van der Waals surface area contributed by atoms with Crippen LogP contribution in [-0.4, -0.2) is 30.9 Å². The fourth-order valence-corrected chi connectivity index (χ4v) is 2.70. The number of amides is 1. The quantitative estimate of drug-likeness (QED) is 0.281. The maximum absolute atomic E-state index is 12.3. The Bertz CT molecular complexity index is 1350. The van der Waals surface area contributed by atoms with Crippen LogP contribution in [-0.2, 0) is 0 Å². The third-order valence-electron chi connectivity index (χ3n) is 4.00. The smallest absolute Gasteiger partial charge is 0.331 e. The summed E-state index contributed by atoms with van der Waals surface area (Å²) in [5.41, 5.74) is -0.170. The summed E-state index contributed by atoms with van der Waals surface area (Å²) in [5.74, 6) is -1.67. The van der Waals surface area contributed by atoms with Gasteiger partial charge in [0.25, 0.3) is 11.2 Å². The van der Waals surface area contributed by atoms with E-state index >= 15 is 0 Å². The largest absolute Gasteiger partial charge is 0.493 e. The van der Waals surface area contributed by atoms with Gasteiger partial charge < -0.3 is 15.1 Å². The van der Waals surface area contributed by atoms with Gasteiger partial charge in [-0.3, -0.25) is 19.7 Å². The molecular weight excluding hydrogens is 368 g/mol.